The van der Waals surface area contributed by atoms with E-state index in [0.29, 0.717) is 13.1 Å². The van der Waals surface area contributed by atoms with Gasteiger partial charge in [0.25, 0.3) is 5.69 Å². The molecule has 2 rings (SSSR count). The number of amides is 1. The zero-order chi connectivity index (χ0) is 13.3. The molecule has 0 bridgehead atoms. The Morgan fingerprint density at radius 2 is 2.11 bits per heavy atom. The summed E-state index contributed by atoms with van der Waals surface area (Å²) in [6.45, 7) is 1.11. The first kappa shape index (κ1) is 12.3. The van der Waals surface area contributed by atoms with Gasteiger partial charge >= 0.3 is 0 Å². The Hall–Kier alpha value is -2.18. The number of non-ortho nitro benzene ring substituents is 1. The van der Waals surface area contributed by atoms with E-state index in [9.17, 15) is 19.3 Å². The van der Waals surface area contributed by atoms with E-state index in [2.05, 4.69) is 0 Å². The number of nitrogens with zero attached hydrogens (tertiary/aromatic N) is 3. The minimum Gasteiger partial charge on any atom is -0.358 e. The van der Waals surface area contributed by atoms with Crippen LogP contribution in [0.2, 0.25) is 0 Å². The second-order valence-electron chi connectivity index (χ2n) is 4.13. The smallest absolute Gasteiger partial charge is 0.272 e. The summed E-state index contributed by atoms with van der Waals surface area (Å²) in [6.07, 6.45) is 0. The van der Waals surface area contributed by atoms with E-state index < -0.39 is 10.7 Å². The molecule has 1 aliphatic rings. The number of nitro benzene ring substituents is 1. The Balaban J connectivity index is 2.24. The number of carbonyl (C=O) groups is 1. The van der Waals surface area contributed by atoms with Gasteiger partial charge in [0, 0.05) is 26.2 Å². The van der Waals surface area contributed by atoms with Crippen molar-refractivity contribution in [2.24, 2.45) is 0 Å². The topological polar surface area (TPSA) is 66.7 Å². The lowest BCUT2D eigenvalue weighted by atomic mass is 10.2. The van der Waals surface area contributed by atoms with Crippen molar-refractivity contribution in [3.05, 3.63) is 34.1 Å². The number of rotatable bonds is 2. The van der Waals surface area contributed by atoms with Crippen LogP contribution in [0.4, 0.5) is 15.8 Å². The quantitative estimate of drug-likeness (QED) is 0.582. The molecule has 0 N–H and O–H groups in total. The molecular weight excluding hydrogens is 241 g/mol. The van der Waals surface area contributed by atoms with Crippen LogP contribution in [0, 0.1) is 15.9 Å². The van der Waals surface area contributed by atoms with Gasteiger partial charge in [-0.25, -0.2) is 4.39 Å². The molecule has 1 aromatic rings. The Labute approximate surface area is 103 Å². The Morgan fingerprint density at radius 3 is 2.67 bits per heavy atom. The van der Waals surface area contributed by atoms with Crippen molar-refractivity contribution in [1.29, 1.82) is 0 Å². The molecule has 0 spiro atoms. The third-order valence-electron chi connectivity index (χ3n) is 2.94. The van der Waals surface area contributed by atoms with Crippen LogP contribution >= 0.6 is 0 Å². The Morgan fingerprint density at radius 1 is 1.39 bits per heavy atom. The van der Waals surface area contributed by atoms with Gasteiger partial charge in [0.05, 0.1) is 23.2 Å². The average Bonchev–Trinajstić information content (AvgIpc) is 2.32. The fraction of sp³-hybridized carbons (Fsp3) is 0.364. The molecule has 0 saturated carbocycles. The molecule has 0 radical (unpaired) electrons. The van der Waals surface area contributed by atoms with Gasteiger partial charge in [0.15, 0.2) is 5.82 Å². The number of anilines is 1. The second-order valence-corrected chi connectivity index (χ2v) is 4.13. The highest BCUT2D eigenvalue weighted by Crippen LogP contribution is 2.24. The average molecular weight is 253 g/mol. The summed E-state index contributed by atoms with van der Waals surface area (Å²) >= 11 is 0. The monoisotopic (exact) mass is 253 g/mol. The fourth-order valence-corrected chi connectivity index (χ4v) is 1.83. The summed E-state index contributed by atoms with van der Waals surface area (Å²) in [6, 6.07) is 3.45. The van der Waals surface area contributed by atoms with Gasteiger partial charge in [-0.05, 0) is 6.07 Å². The summed E-state index contributed by atoms with van der Waals surface area (Å²) in [5.41, 5.74) is -0.0706. The predicted molar refractivity (Wildman–Crippen MR) is 62.9 cm³/mol. The van der Waals surface area contributed by atoms with E-state index in [1.807, 2.05) is 0 Å². The summed E-state index contributed by atoms with van der Waals surface area (Å²) in [5.74, 6) is -0.777. The number of hydrogen-bond acceptors (Lipinski definition) is 4. The van der Waals surface area contributed by atoms with Crippen LogP contribution in [-0.2, 0) is 4.79 Å². The second kappa shape index (κ2) is 4.59. The van der Waals surface area contributed by atoms with Crippen molar-refractivity contribution in [3.63, 3.8) is 0 Å². The number of likely N-dealkylation sites (N-methyl/N-ethyl adjacent to an activating group) is 1. The molecule has 6 nitrogen and oxygen atoms in total. The predicted octanol–water partition coefficient (Wildman–Crippen LogP) is 1.01. The summed E-state index contributed by atoms with van der Waals surface area (Å²) in [4.78, 5) is 24.5. The highest BCUT2D eigenvalue weighted by atomic mass is 19.1. The molecule has 0 unspecified atom stereocenters. The largest absolute Gasteiger partial charge is 0.358 e. The van der Waals surface area contributed by atoms with E-state index >= 15 is 0 Å². The number of carbonyl (C=O) groups excluding carboxylic acids is 1. The van der Waals surface area contributed by atoms with Gasteiger partial charge in [-0.2, -0.15) is 0 Å². The lowest BCUT2D eigenvalue weighted by Crippen LogP contribution is -2.48. The molecule has 1 heterocycles. The molecule has 1 fully saturated rings. The van der Waals surface area contributed by atoms with Crippen molar-refractivity contribution in [1.82, 2.24) is 4.90 Å². The highest BCUT2D eigenvalue weighted by Gasteiger charge is 2.24. The van der Waals surface area contributed by atoms with Gasteiger partial charge in [0.1, 0.15) is 0 Å². The highest BCUT2D eigenvalue weighted by molar-refractivity contribution is 5.82. The van der Waals surface area contributed by atoms with E-state index in [1.54, 1.807) is 16.8 Å². The molecule has 1 aromatic carbocycles. The van der Waals surface area contributed by atoms with Gasteiger partial charge in [0.2, 0.25) is 5.91 Å². The number of hydrogen-bond donors (Lipinski definition) is 0. The summed E-state index contributed by atoms with van der Waals surface area (Å²) in [5, 5.41) is 10.5. The van der Waals surface area contributed by atoms with Crippen LogP contribution in [0.3, 0.4) is 0 Å². The van der Waals surface area contributed by atoms with Gasteiger partial charge < -0.3 is 9.80 Å². The van der Waals surface area contributed by atoms with Crippen LogP contribution in [-0.4, -0.2) is 42.4 Å². The maximum Gasteiger partial charge on any atom is 0.272 e. The van der Waals surface area contributed by atoms with E-state index in [0.717, 1.165) is 6.07 Å². The van der Waals surface area contributed by atoms with E-state index in [1.165, 1.54) is 12.1 Å². The van der Waals surface area contributed by atoms with Crippen LogP contribution in [0.1, 0.15) is 0 Å². The van der Waals surface area contributed by atoms with E-state index in [4.69, 9.17) is 0 Å². The maximum absolute atomic E-state index is 13.7. The minimum absolute atomic E-state index is 0.0885. The van der Waals surface area contributed by atoms with Crippen molar-refractivity contribution < 1.29 is 14.1 Å². The van der Waals surface area contributed by atoms with Crippen LogP contribution < -0.4 is 4.90 Å². The maximum atomic E-state index is 13.7. The lowest BCUT2D eigenvalue weighted by Gasteiger charge is -2.33. The van der Waals surface area contributed by atoms with Crippen molar-refractivity contribution in [2.75, 3.05) is 31.6 Å². The van der Waals surface area contributed by atoms with Crippen LogP contribution in [0.5, 0.6) is 0 Å². The van der Waals surface area contributed by atoms with Gasteiger partial charge in [-0.1, -0.05) is 0 Å². The molecule has 7 heteroatoms. The van der Waals surface area contributed by atoms with Gasteiger partial charge in [-0.15, -0.1) is 0 Å². The zero-order valence-corrected chi connectivity index (χ0v) is 9.80. The summed E-state index contributed by atoms with van der Waals surface area (Å²) in [7, 11) is 1.69. The number of halogens is 1. The number of benzene rings is 1. The Bertz CT molecular complexity index is 506. The third kappa shape index (κ3) is 2.24. The molecule has 0 aromatic heterocycles. The standard InChI is InChI=1S/C11H12FN3O3/c1-13-4-5-14(7-11(13)16)10-3-2-8(15(17)18)6-9(10)12/h2-3,6H,4-5,7H2,1H3. The minimum atomic E-state index is -0.679. The molecule has 1 amide bonds. The number of piperazine rings is 1. The van der Waals surface area contributed by atoms with Gasteiger partial charge in [-0.3, -0.25) is 14.9 Å². The Kier molecular flexibility index (Phi) is 3.14. The van der Waals surface area contributed by atoms with E-state index in [-0.39, 0.29) is 23.8 Å². The first-order chi connectivity index (χ1) is 8.49. The summed E-state index contributed by atoms with van der Waals surface area (Å²) < 4.78 is 13.7. The SMILES string of the molecule is CN1CCN(c2ccc([N+](=O)[O-])cc2F)CC1=O. The van der Waals surface area contributed by atoms with Crippen molar-refractivity contribution >= 4 is 17.3 Å². The lowest BCUT2D eigenvalue weighted by molar-refractivity contribution is -0.385. The molecule has 96 valence electrons. The molecule has 0 atom stereocenters. The first-order valence-corrected chi connectivity index (χ1v) is 5.42. The zero-order valence-electron chi connectivity index (χ0n) is 9.80. The number of nitro groups is 1. The fourth-order valence-electron chi connectivity index (χ4n) is 1.83. The van der Waals surface area contributed by atoms with Crippen molar-refractivity contribution in [2.45, 2.75) is 0 Å². The molecular formula is C11H12FN3O3. The van der Waals surface area contributed by atoms with Crippen LogP contribution in [0.15, 0.2) is 18.2 Å². The first-order valence-electron chi connectivity index (χ1n) is 5.42. The molecule has 0 aliphatic carbocycles. The molecule has 1 aliphatic heterocycles. The third-order valence-corrected chi connectivity index (χ3v) is 2.94. The molecule has 18 heavy (non-hydrogen) atoms. The van der Waals surface area contributed by atoms with Crippen molar-refractivity contribution in [3.8, 4) is 0 Å². The molecule has 1 saturated heterocycles. The normalized spacial score (nSPS) is 16.0. The van der Waals surface area contributed by atoms with Crippen LogP contribution in [0.25, 0.3) is 0 Å².